The van der Waals surface area contributed by atoms with Crippen LogP contribution in [0.2, 0.25) is 0 Å². The number of nitrogens with one attached hydrogen (secondary N) is 1. The van der Waals surface area contributed by atoms with Gasteiger partial charge in [-0.3, -0.25) is 4.79 Å². The molecule has 0 aliphatic carbocycles. The van der Waals surface area contributed by atoms with Crippen molar-refractivity contribution in [3.63, 3.8) is 0 Å². The number of carbonyl (C=O) groups excluding carboxylic acids is 1. The summed E-state index contributed by atoms with van der Waals surface area (Å²) in [5.74, 6) is 2.55. The number of fused-ring (bicyclic) bond motifs is 2. The van der Waals surface area contributed by atoms with E-state index in [-0.39, 0.29) is 11.8 Å². The molecule has 180 valence electrons. The van der Waals surface area contributed by atoms with Gasteiger partial charge in [0.25, 0.3) is 0 Å². The lowest BCUT2D eigenvalue weighted by Gasteiger charge is -2.24. The van der Waals surface area contributed by atoms with Crippen molar-refractivity contribution < 1.29 is 9.53 Å². The van der Waals surface area contributed by atoms with E-state index in [1.807, 2.05) is 68.4 Å². The van der Waals surface area contributed by atoms with Gasteiger partial charge < -0.3 is 10.1 Å². The zero-order chi connectivity index (χ0) is 24.6. The molecule has 6 rings (SSSR count). The summed E-state index contributed by atoms with van der Waals surface area (Å²) in [7, 11) is 0. The maximum Gasteiger partial charge on any atom is 0.226 e. The van der Waals surface area contributed by atoms with E-state index in [0.717, 1.165) is 29.0 Å². The Hall–Kier alpha value is -4.53. The van der Waals surface area contributed by atoms with Crippen molar-refractivity contribution in [2.75, 3.05) is 11.9 Å². The SMILES string of the molecule is Cc1nn(-c2ccc3nnc(C)n3n2)c2c1[C@H](c1ccc(OCCc3ccccc3)cc1)CC(=O)N2. The van der Waals surface area contributed by atoms with Crippen LogP contribution in [-0.2, 0) is 11.2 Å². The molecule has 4 heterocycles. The lowest BCUT2D eigenvalue weighted by molar-refractivity contribution is -0.116. The summed E-state index contributed by atoms with van der Waals surface area (Å²) in [6.45, 7) is 4.41. The third-order valence-electron chi connectivity index (χ3n) is 6.51. The van der Waals surface area contributed by atoms with Crippen molar-refractivity contribution in [2.45, 2.75) is 32.6 Å². The second kappa shape index (κ2) is 8.92. The van der Waals surface area contributed by atoms with Gasteiger partial charge in [-0.15, -0.1) is 15.3 Å². The zero-order valence-corrected chi connectivity index (χ0v) is 20.0. The van der Waals surface area contributed by atoms with Crippen LogP contribution >= 0.6 is 0 Å². The third kappa shape index (κ3) is 3.98. The molecule has 1 amide bonds. The van der Waals surface area contributed by atoms with Crippen LogP contribution in [0.15, 0.2) is 66.7 Å². The van der Waals surface area contributed by atoms with Crippen LogP contribution in [0.25, 0.3) is 11.5 Å². The topological polar surface area (TPSA) is 99.2 Å². The number of benzene rings is 2. The Morgan fingerprint density at radius 2 is 1.78 bits per heavy atom. The summed E-state index contributed by atoms with van der Waals surface area (Å²) in [6, 6.07) is 22.0. The van der Waals surface area contributed by atoms with Gasteiger partial charge in [-0.1, -0.05) is 42.5 Å². The molecule has 0 unspecified atom stereocenters. The first-order valence-corrected chi connectivity index (χ1v) is 11.9. The van der Waals surface area contributed by atoms with Gasteiger partial charge in [0.1, 0.15) is 11.6 Å². The number of aryl methyl sites for hydroxylation is 2. The summed E-state index contributed by atoms with van der Waals surface area (Å²) in [6.07, 6.45) is 1.20. The van der Waals surface area contributed by atoms with Crippen molar-refractivity contribution in [3.05, 3.63) is 94.9 Å². The first kappa shape index (κ1) is 22.0. The number of ether oxygens (including phenoxy) is 1. The molecule has 9 heteroatoms. The Labute approximate surface area is 207 Å². The average molecular weight is 480 g/mol. The van der Waals surface area contributed by atoms with Crippen LogP contribution < -0.4 is 10.1 Å². The highest BCUT2D eigenvalue weighted by Crippen LogP contribution is 2.40. The van der Waals surface area contributed by atoms with Gasteiger partial charge in [0.05, 0.1) is 12.3 Å². The Bertz CT molecular complexity index is 1550. The van der Waals surface area contributed by atoms with E-state index in [4.69, 9.17) is 9.84 Å². The molecule has 1 atom stereocenters. The summed E-state index contributed by atoms with van der Waals surface area (Å²) >= 11 is 0. The summed E-state index contributed by atoms with van der Waals surface area (Å²) in [5, 5.41) is 20.6. The lowest BCUT2D eigenvalue weighted by Crippen LogP contribution is -2.25. The van der Waals surface area contributed by atoms with E-state index in [0.29, 0.717) is 36.1 Å². The summed E-state index contributed by atoms with van der Waals surface area (Å²) < 4.78 is 9.30. The van der Waals surface area contributed by atoms with E-state index in [2.05, 4.69) is 32.7 Å². The van der Waals surface area contributed by atoms with Gasteiger partial charge in [-0.25, -0.2) is 0 Å². The number of hydrogen-bond acceptors (Lipinski definition) is 6. The monoisotopic (exact) mass is 479 g/mol. The fourth-order valence-corrected chi connectivity index (χ4v) is 4.72. The molecule has 0 fully saturated rings. The molecule has 0 spiro atoms. The summed E-state index contributed by atoms with van der Waals surface area (Å²) in [4.78, 5) is 12.7. The quantitative estimate of drug-likeness (QED) is 0.395. The second-order valence-electron chi connectivity index (χ2n) is 8.93. The predicted molar refractivity (Wildman–Crippen MR) is 135 cm³/mol. The Morgan fingerprint density at radius 1 is 0.972 bits per heavy atom. The minimum Gasteiger partial charge on any atom is -0.493 e. The zero-order valence-electron chi connectivity index (χ0n) is 20.0. The molecule has 2 aromatic carbocycles. The highest BCUT2D eigenvalue weighted by atomic mass is 16.5. The van der Waals surface area contributed by atoms with Crippen molar-refractivity contribution >= 4 is 17.4 Å². The molecule has 36 heavy (non-hydrogen) atoms. The van der Waals surface area contributed by atoms with E-state index >= 15 is 0 Å². The normalized spacial score (nSPS) is 15.1. The number of carbonyl (C=O) groups is 1. The van der Waals surface area contributed by atoms with Crippen LogP contribution in [0.5, 0.6) is 5.75 Å². The lowest BCUT2D eigenvalue weighted by atomic mass is 9.86. The molecule has 1 aliphatic rings. The fraction of sp³-hybridized carbons (Fsp3) is 0.222. The van der Waals surface area contributed by atoms with Crippen molar-refractivity contribution in [3.8, 4) is 11.6 Å². The molecule has 3 aromatic heterocycles. The van der Waals surface area contributed by atoms with Gasteiger partial charge in [-0.2, -0.15) is 14.3 Å². The van der Waals surface area contributed by atoms with Crippen LogP contribution in [-0.4, -0.2) is 42.1 Å². The van der Waals surface area contributed by atoms with Gasteiger partial charge in [0.15, 0.2) is 17.3 Å². The molecule has 1 N–H and O–H groups in total. The first-order valence-electron chi connectivity index (χ1n) is 11.9. The van der Waals surface area contributed by atoms with E-state index in [1.165, 1.54) is 5.56 Å². The van der Waals surface area contributed by atoms with Gasteiger partial charge in [0.2, 0.25) is 5.91 Å². The number of anilines is 1. The van der Waals surface area contributed by atoms with E-state index in [9.17, 15) is 4.79 Å². The standard InChI is InChI=1S/C27H25N7O2/c1-17-26-22(20-8-10-21(11-9-20)36-15-14-19-6-4-3-5-7-19)16-25(35)28-27(26)34(31-17)24-13-12-23-30-29-18(2)33(23)32-24/h3-13,22H,14-16H2,1-2H3,(H,28,35)/t22-/m0/s1. The molecular weight excluding hydrogens is 454 g/mol. The molecule has 1 aliphatic heterocycles. The number of amides is 1. The Kier molecular flexibility index (Phi) is 5.44. The summed E-state index contributed by atoms with van der Waals surface area (Å²) in [5.41, 5.74) is 4.79. The minimum absolute atomic E-state index is 0.0570. The molecule has 0 bridgehead atoms. The Balaban J connectivity index is 1.27. The smallest absolute Gasteiger partial charge is 0.226 e. The second-order valence-corrected chi connectivity index (χ2v) is 8.93. The maximum absolute atomic E-state index is 12.7. The molecule has 0 saturated heterocycles. The van der Waals surface area contributed by atoms with E-state index in [1.54, 1.807) is 9.20 Å². The number of hydrogen-bond donors (Lipinski definition) is 1. The van der Waals surface area contributed by atoms with Crippen LogP contribution in [0.1, 0.15) is 40.5 Å². The van der Waals surface area contributed by atoms with Gasteiger partial charge in [-0.05, 0) is 49.2 Å². The molecule has 9 nitrogen and oxygen atoms in total. The number of nitrogens with zero attached hydrogens (tertiary/aromatic N) is 6. The van der Waals surface area contributed by atoms with Crippen LogP contribution in [0.3, 0.4) is 0 Å². The highest BCUT2D eigenvalue weighted by Gasteiger charge is 2.33. The van der Waals surface area contributed by atoms with Crippen molar-refractivity contribution in [2.24, 2.45) is 0 Å². The van der Waals surface area contributed by atoms with Gasteiger partial charge >= 0.3 is 0 Å². The molecular formula is C27H25N7O2. The number of aromatic nitrogens is 6. The average Bonchev–Trinajstić information content (AvgIpc) is 3.43. The van der Waals surface area contributed by atoms with E-state index < -0.39 is 0 Å². The fourth-order valence-electron chi connectivity index (χ4n) is 4.72. The molecule has 0 saturated carbocycles. The largest absolute Gasteiger partial charge is 0.493 e. The Morgan fingerprint density at radius 3 is 2.58 bits per heavy atom. The van der Waals surface area contributed by atoms with Crippen LogP contribution in [0.4, 0.5) is 5.82 Å². The molecule has 5 aromatic rings. The maximum atomic E-state index is 12.7. The van der Waals surface area contributed by atoms with Crippen LogP contribution in [0, 0.1) is 13.8 Å². The van der Waals surface area contributed by atoms with Crippen molar-refractivity contribution in [1.29, 1.82) is 0 Å². The number of rotatable bonds is 6. The third-order valence-corrected chi connectivity index (χ3v) is 6.51. The predicted octanol–water partition coefficient (Wildman–Crippen LogP) is 4.02. The first-order chi connectivity index (χ1) is 17.6. The van der Waals surface area contributed by atoms with Gasteiger partial charge in [0, 0.05) is 24.3 Å². The minimum atomic E-state index is -0.110. The highest BCUT2D eigenvalue weighted by molar-refractivity contribution is 5.95. The molecule has 0 radical (unpaired) electrons. The van der Waals surface area contributed by atoms with Crippen molar-refractivity contribution in [1.82, 2.24) is 29.6 Å².